The highest BCUT2D eigenvalue weighted by molar-refractivity contribution is 7.92. The highest BCUT2D eigenvalue weighted by atomic mass is 35.5. The lowest BCUT2D eigenvalue weighted by atomic mass is 9.97. The molecule has 3 rings (SSSR count). The van der Waals surface area contributed by atoms with Crippen LogP contribution in [0.3, 0.4) is 0 Å². The van der Waals surface area contributed by atoms with Gasteiger partial charge in [-0.2, -0.15) is 0 Å². The van der Waals surface area contributed by atoms with E-state index in [2.05, 4.69) is 4.98 Å². The topological polar surface area (TPSA) is 80.4 Å². The van der Waals surface area contributed by atoms with E-state index in [9.17, 15) is 13.5 Å². The van der Waals surface area contributed by atoms with E-state index in [1.807, 2.05) is 20.8 Å². The van der Waals surface area contributed by atoms with Gasteiger partial charge in [0.25, 0.3) is 0 Å². The first-order valence-electron chi connectivity index (χ1n) is 7.62. The van der Waals surface area contributed by atoms with Crippen LogP contribution < -0.4 is 0 Å². The Morgan fingerprint density at radius 2 is 2.00 bits per heavy atom. The summed E-state index contributed by atoms with van der Waals surface area (Å²) in [6.07, 6.45) is 0.569. The van der Waals surface area contributed by atoms with Crippen molar-refractivity contribution in [2.45, 2.75) is 61.7 Å². The molecule has 1 aliphatic carbocycles. The fourth-order valence-electron chi connectivity index (χ4n) is 2.90. The van der Waals surface area contributed by atoms with Gasteiger partial charge in [-0.15, -0.1) is 0 Å². The maximum Gasteiger partial charge on any atom is 0.200 e. The molecule has 23 heavy (non-hydrogen) atoms. The predicted molar refractivity (Wildman–Crippen MR) is 88.6 cm³/mol. The second kappa shape index (κ2) is 5.46. The van der Waals surface area contributed by atoms with Crippen molar-refractivity contribution < 1.29 is 17.9 Å². The normalized spacial score (nSPS) is 22.8. The van der Waals surface area contributed by atoms with Crippen LogP contribution in [0, 0.1) is 0 Å². The van der Waals surface area contributed by atoms with Crippen LogP contribution in [0.1, 0.15) is 45.9 Å². The number of hydrogen-bond donors (Lipinski definition) is 1. The molecule has 0 spiro atoms. The van der Waals surface area contributed by atoms with Crippen molar-refractivity contribution in [3.8, 4) is 0 Å². The predicted octanol–water partition coefficient (Wildman–Crippen LogP) is 3.47. The summed E-state index contributed by atoms with van der Waals surface area (Å²) in [6.45, 7) is 5.84. The van der Waals surface area contributed by atoms with Crippen molar-refractivity contribution >= 4 is 32.5 Å². The minimum absolute atomic E-state index is 0.00114. The number of oxazole rings is 1. The van der Waals surface area contributed by atoms with Crippen LogP contribution in [0.4, 0.5) is 0 Å². The monoisotopic (exact) mass is 357 g/mol. The third-order valence-corrected chi connectivity index (χ3v) is 6.89. The zero-order valence-electron chi connectivity index (χ0n) is 13.3. The number of aliphatic hydroxyl groups is 1. The van der Waals surface area contributed by atoms with Gasteiger partial charge in [0, 0.05) is 5.41 Å². The number of rotatable bonds is 2. The maximum atomic E-state index is 13.0. The Morgan fingerprint density at radius 3 is 2.57 bits per heavy atom. The number of nitrogens with zero attached hydrogens (tertiary/aromatic N) is 1. The number of sulfone groups is 1. The Bertz CT molecular complexity index is 851. The van der Waals surface area contributed by atoms with Crippen LogP contribution in [0.25, 0.3) is 11.1 Å². The average molecular weight is 358 g/mol. The van der Waals surface area contributed by atoms with Gasteiger partial charge in [0.1, 0.15) is 10.4 Å². The van der Waals surface area contributed by atoms with E-state index in [1.54, 1.807) is 6.07 Å². The molecule has 2 atom stereocenters. The van der Waals surface area contributed by atoms with Crippen LogP contribution >= 0.6 is 11.6 Å². The van der Waals surface area contributed by atoms with Gasteiger partial charge in [-0.1, -0.05) is 32.4 Å². The number of benzene rings is 1. The van der Waals surface area contributed by atoms with Crippen molar-refractivity contribution in [3.05, 3.63) is 23.0 Å². The van der Waals surface area contributed by atoms with Crippen LogP contribution in [-0.2, 0) is 15.3 Å². The smallest absolute Gasteiger partial charge is 0.200 e. The van der Waals surface area contributed by atoms with E-state index in [0.717, 1.165) is 0 Å². The van der Waals surface area contributed by atoms with Gasteiger partial charge in [0.15, 0.2) is 15.4 Å². The molecule has 0 amide bonds. The Morgan fingerprint density at radius 1 is 1.30 bits per heavy atom. The molecule has 1 N–H and O–H groups in total. The van der Waals surface area contributed by atoms with Gasteiger partial charge < -0.3 is 9.52 Å². The molecule has 0 saturated heterocycles. The van der Waals surface area contributed by atoms with Gasteiger partial charge in [-0.05, 0) is 31.4 Å². The van der Waals surface area contributed by atoms with Crippen molar-refractivity contribution in [2.75, 3.05) is 0 Å². The summed E-state index contributed by atoms with van der Waals surface area (Å²) < 4.78 is 31.8. The lowest BCUT2D eigenvalue weighted by Crippen LogP contribution is -2.20. The van der Waals surface area contributed by atoms with E-state index < -0.39 is 21.2 Å². The molecule has 0 bridgehead atoms. The summed E-state index contributed by atoms with van der Waals surface area (Å²) in [4.78, 5) is 4.40. The first-order valence-corrected chi connectivity index (χ1v) is 9.54. The van der Waals surface area contributed by atoms with Gasteiger partial charge in [0.2, 0.25) is 5.89 Å². The summed E-state index contributed by atoms with van der Waals surface area (Å²) in [5, 5.41) is 9.17. The van der Waals surface area contributed by atoms with Gasteiger partial charge in [0.05, 0.1) is 16.4 Å². The minimum atomic E-state index is -3.69. The van der Waals surface area contributed by atoms with Crippen molar-refractivity contribution in [2.24, 2.45) is 0 Å². The quantitative estimate of drug-likeness (QED) is 0.890. The summed E-state index contributed by atoms with van der Waals surface area (Å²) >= 11 is 6.20. The highest BCUT2D eigenvalue weighted by Gasteiger charge is 2.38. The third-order valence-electron chi connectivity index (χ3n) is 4.19. The minimum Gasteiger partial charge on any atom is -0.439 e. The van der Waals surface area contributed by atoms with Crippen molar-refractivity contribution in [1.82, 2.24) is 4.98 Å². The molecule has 1 aromatic carbocycles. The SMILES string of the molecule is CC(C)(C)c1nc2ccc(Cl)c(S(=O)(=O)[C@@H]3CC[C@@H](O)C3)c2o1. The summed E-state index contributed by atoms with van der Waals surface area (Å²) in [7, 11) is -3.69. The number of aliphatic hydroxyl groups excluding tert-OH is 1. The molecule has 0 aliphatic heterocycles. The van der Waals surface area contributed by atoms with E-state index in [4.69, 9.17) is 16.0 Å². The van der Waals surface area contributed by atoms with E-state index in [0.29, 0.717) is 24.2 Å². The largest absolute Gasteiger partial charge is 0.439 e. The lowest BCUT2D eigenvalue weighted by molar-refractivity contribution is 0.183. The molecule has 0 radical (unpaired) electrons. The Balaban J connectivity index is 2.20. The van der Waals surface area contributed by atoms with Gasteiger partial charge in [-0.3, -0.25) is 0 Å². The van der Waals surface area contributed by atoms with E-state index >= 15 is 0 Å². The molecule has 0 unspecified atom stereocenters. The zero-order valence-corrected chi connectivity index (χ0v) is 14.9. The fourth-order valence-corrected chi connectivity index (χ4v) is 5.37. The number of aromatic nitrogens is 1. The molecule has 1 aromatic heterocycles. The molecule has 1 heterocycles. The summed E-state index contributed by atoms with van der Waals surface area (Å²) in [5.41, 5.74) is 0.357. The molecule has 1 fully saturated rings. The van der Waals surface area contributed by atoms with Crippen LogP contribution in [0.2, 0.25) is 5.02 Å². The third kappa shape index (κ3) is 2.88. The lowest BCUT2D eigenvalue weighted by Gasteiger charge is -2.13. The standard InChI is InChI=1S/C16H20ClNO4S/c1-16(2,3)15-18-12-7-6-11(17)14(13(12)22-15)23(20,21)10-5-4-9(19)8-10/h6-7,9-10,19H,4-5,8H2,1-3H3/t9-,10-/m1/s1. The second-order valence-corrected chi connectivity index (χ2v) is 9.70. The zero-order chi connectivity index (χ0) is 17.0. The highest BCUT2D eigenvalue weighted by Crippen LogP contribution is 2.38. The maximum absolute atomic E-state index is 13.0. The van der Waals surface area contributed by atoms with E-state index in [-0.39, 0.29) is 27.3 Å². The summed E-state index contributed by atoms with van der Waals surface area (Å²) in [6, 6.07) is 3.20. The first-order chi connectivity index (χ1) is 10.6. The second-order valence-electron chi connectivity index (χ2n) is 7.13. The molecular formula is C16H20ClNO4S. The van der Waals surface area contributed by atoms with Gasteiger partial charge >= 0.3 is 0 Å². The van der Waals surface area contributed by atoms with Crippen LogP contribution in [-0.4, -0.2) is 29.9 Å². The molecular weight excluding hydrogens is 338 g/mol. The van der Waals surface area contributed by atoms with E-state index in [1.165, 1.54) is 6.07 Å². The molecule has 7 heteroatoms. The van der Waals surface area contributed by atoms with Crippen molar-refractivity contribution in [1.29, 1.82) is 0 Å². The van der Waals surface area contributed by atoms with Gasteiger partial charge in [-0.25, -0.2) is 13.4 Å². The average Bonchev–Trinajstić information content (AvgIpc) is 3.03. The number of hydrogen-bond acceptors (Lipinski definition) is 5. The molecule has 1 aliphatic rings. The Kier molecular flexibility index (Phi) is 3.98. The molecule has 5 nitrogen and oxygen atoms in total. The molecule has 1 saturated carbocycles. The fraction of sp³-hybridized carbons (Fsp3) is 0.562. The first kappa shape index (κ1) is 16.7. The molecule has 126 valence electrons. The van der Waals surface area contributed by atoms with Crippen LogP contribution in [0.15, 0.2) is 21.4 Å². The van der Waals surface area contributed by atoms with Crippen LogP contribution in [0.5, 0.6) is 0 Å². The number of fused-ring (bicyclic) bond motifs is 1. The summed E-state index contributed by atoms with van der Waals surface area (Å²) in [5.74, 6) is 0.470. The Hall–Kier alpha value is -1.11. The number of halogens is 1. The molecule has 2 aromatic rings. The Labute approximate surface area is 140 Å². The van der Waals surface area contributed by atoms with Crippen molar-refractivity contribution in [3.63, 3.8) is 0 Å².